The number of hydrogen-bond acceptors (Lipinski definition) is 2. The van der Waals surface area contributed by atoms with Crippen LogP contribution in [-0.2, 0) is 4.79 Å². The van der Waals surface area contributed by atoms with Crippen LogP contribution in [0, 0.1) is 0 Å². The van der Waals surface area contributed by atoms with Crippen molar-refractivity contribution in [1.29, 1.82) is 0 Å². The fourth-order valence-corrected chi connectivity index (χ4v) is 2.03. The fraction of sp³-hybridized carbons (Fsp3) is 0.714. The molecular formula is C14H25N3O2. The third kappa shape index (κ3) is 7.49. The number of allylic oxidation sites excluding steroid dienone is 1. The number of carbonyl (C=O) groups excluding carboxylic acids is 2. The Hall–Kier alpha value is -1.52. The van der Waals surface area contributed by atoms with E-state index >= 15 is 0 Å². The van der Waals surface area contributed by atoms with Crippen LogP contribution in [0.25, 0.3) is 0 Å². The highest BCUT2D eigenvalue weighted by Crippen LogP contribution is 2.19. The lowest BCUT2D eigenvalue weighted by atomic mass is 9.97. The third-order valence-electron chi connectivity index (χ3n) is 2.98. The molecule has 0 fully saturated rings. The SMILES string of the molecule is CC(C)NC(=O)NCC(=O)NCCC1=CCCCC1. The smallest absolute Gasteiger partial charge is 0.315 e. The lowest BCUT2D eigenvalue weighted by molar-refractivity contribution is -0.120. The van der Waals surface area contributed by atoms with E-state index in [2.05, 4.69) is 22.0 Å². The van der Waals surface area contributed by atoms with Crippen molar-refractivity contribution in [2.24, 2.45) is 0 Å². The average Bonchev–Trinajstić information content (AvgIpc) is 2.37. The minimum absolute atomic E-state index is 0.0254. The van der Waals surface area contributed by atoms with Gasteiger partial charge in [-0.1, -0.05) is 11.6 Å². The predicted octanol–water partition coefficient (Wildman–Crippen LogP) is 1.70. The summed E-state index contributed by atoms with van der Waals surface area (Å²) in [5.74, 6) is -0.143. The van der Waals surface area contributed by atoms with Gasteiger partial charge in [-0.3, -0.25) is 4.79 Å². The quantitative estimate of drug-likeness (QED) is 0.641. The van der Waals surface area contributed by atoms with Crippen LogP contribution in [-0.4, -0.2) is 31.1 Å². The van der Waals surface area contributed by atoms with Crippen LogP contribution in [0.3, 0.4) is 0 Å². The van der Waals surface area contributed by atoms with Gasteiger partial charge >= 0.3 is 6.03 Å². The lowest BCUT2D eigenvalue weighted by Crippen LogP contribution is -2.44. The zero-order valence-electron chi connectivity index (χ0n) is 11.9. The van der Waals surface area contributed by atoms with E-state index in [1.165, 1.54) is 24.8 Å². The summed E-state index contributed by atoms with van der Waals surface area (Å²) < 4.78 is 0. The van der Waals surface area contributed by atoms with Crippen LogP contribution >= 0.6 is 0 Å². The van der Waals surface area contributed by atoms with Gasteiger partial charge in [-0.15, -0.1) is 0 Å². The van der Waals surface area contributed by atoms with Crippen molar-refractivity contribution in [2.75, 3.05) is 13.1 Å². The molecule has 0 heterocycles. The molecule has 1 aliphatic carbocycles. The van der Waals surface area contributed by atoms with Gasteiger partial charge in [-0.25, -0.2) is 4.79 Å². The van der Waals surface area contributed by atoms with Crippen molar-refractivity contribution in [3.63, 3.8) is 0 Å². The van der Waals surface area contributed by atoms with Crippen molar-refractivity contribution < 1.29 is 9.59 Å². The number of nitrogens with one attached hydrogen (secondary N) is 3. The highest BCUT2D eigenvalue weighted by molar-refractivity contribution is 5.83. The zero-order valence-corrected chi connectivity index (χ0v) is 11.9. The molecule has 19 heavy (non-hydrogen) atoms. The second-order valence-electron chi connectivity index (χ2n) is 5.19. The molecule has 3 amide bonds. The summed E-state index contributed by atoms with van der Waals surface area (Å²) >= 11 is 0. The van der Waals surface area contributed by atoms with E-state index in [0.29, 0.717) is 6.54 Å². The molecule has 0 aromatic carbocycles. The maximum Gasteiger partial charge on any atom is 0.315 e. The van der Waals surface area contributed by atoms with Gasteiger partial charge in [0.05, 0.1) is 6.54 Å². The molecule has 3 N–H and O–H groups in total. The van der Waals surface area contributed by atoms with Crippen molar-refractivity contribution in [1.82, 2.24) is 16.0 Å². The van der Waals surface area contributed by atoms with E-state index in [4.69, 9.17) is 0 Å². The normalized spacial score (nSPS) is 14.8. The first-order valence-corrected chi connectivity index (χ1v) is 7.07. The molecule has 0 atom stereocenters. The van der Waals surface area contributed by atoms with E-state index < -0.39 is 0 Å². The summed E-state index contributed by atoms with van der Waals surface area (Å²) in [5.41, 5.74) is 1.44. The van der Waals surface area contributed by atoms with Crippen molar-refractivity contribution >= 4 is 11.9 Å². The van der Waals surface area contributed by atoms with Gasteiger partial charge in [-0.2, -0.15) is 0 Å². The molecule has 0 aliphatic heterocycles. The summed E-state index contributed by atoms with van der Waals surface area (Å²) in [6, 6.07) is -0.235. The van der Waals surface area contributed by atoms with Crippen LogP contribution in [0.2, 0.25) is 0 Å². The molecule has 0 saturated heterocycles. The fourth-order valence-electron chi connectivity index (χ4n) is 2.03. The summed E-state index contributed by atoms with van der Waals surface area (Å²) in [4.78, 5) is 22.8. The van der Waals surface area contributed by atoms with Gasteiger partial charge in [0, 0.05) is 12.6 Å². The van der Waals surface area contributed by atoms with Crippen LogP contribution in [0.5, 0.6) is 0 Å². The number of rotatable bonds is 6. The molecule has 0 bridgehead atoms. The molecule has 5 heteroatoms. The van der Waals surface area contributed by atoms with Crippen molar-refractivity contribution in [3.8, 4) is 0 Å². The van der Waals surface area contributed by atoms with E-state index in [-0.39, 0.29) is 24.5 Å². The van der Waals surface area contributed by atoms with E-state index in [9.17, 15) is 9.59 Å². The second-order valence-corrected chi connectivity index (χ2v) is 5.19. The van der Waals surface area contributed by atoms with Crippen LogP contribution < -0.4 is 16.0 Å². The molecule has 0 saturated carbocycles. The topological polar surface area (TPSA) is 70.2 Å². The van der Waals surface area contributed by atoms with Gasteiger partial charge in [-0.05, 0) is 46.0 Å². The average molecular weight is 267 g/mol. The standard InChI is InChI=1S/C14H25N3O2/c1-11(2)17-14(19)16-10-13(18)15-9-8-12-6-4-3-5-7-12/h6,11H,3-5,7-10H2,1-2H3,(H,15,18)(H2,16,17,19). The molecule has 0 radical (unpaired) electrons. The van der Waals surface area contributed by atoms with Crippen molar-refractivity contribution in [2.45, 2.75) is 52.0 Å². The number of carbonyl (C=O) groups is 2. The molecule has 1 aliphatic rings. The summed E-state index contributed by atoms with van der Waals surface area (Å²) in [6.45, 7) is 4.42. The second kappa shape index (κ2) is 8.56. The third-order valence-corrected chi connectivity index (χ3v) is 2.98. The Morgan fingerprint density at radius 1 is 1.26 bits per heavy atom. The largest absolute Gasteiger partial charge is 0.354 e. The molecule has 108 valence electrons. The molecule has 0 unspecified atom stereocenters. The summed E-state index contributed by atoms with van der Waals surface area (Å²) in [5, 5.41) is 8.01. The highest BCUT2D eigenvalue weighted by atomic mass is 16.2. The van der Waals surface area contributed by atoms with Crippen molar-refractivity contribution in [3.05, 3.63) is 11.6 Å². The highest BCUT2D eigenvalue weighted by Gasteiger charge is 2.07. The molecule has 0 spiro atoms. The number of urea groups is 1. The Bertz CT molecular complexity index is 338. The number of amides is 3. The Labute approximate surface area is 115 Å². The predicted molar refractivity (Wildman–Crippen MR) is 75.8 cm³/mol. The maximum absolute atomic E-state index is 11.5. The van der Waals surface area contributed by atoms with Gasteiger partial charge in [0.2, 0.25) is 5.91 Å². The summed E-state index contributed by atoms with van der Waals surface area (Å²) in [6.07, 6.45) is 8.07. The zero-order chi connectivity index (χ0) is 14.1. The van der Waals surface area contributed by atoms with Crippen LogP contribution in [0.4, 0.5) is 4.79 Å². The van der Waals surface area contributed by atoms with Crippen LogP contribution in [0.15, 0.2) is 11.6 Å². The molecule has 5 nitrogen and oxygen atoms in total. The molecule has 0 aromatic heterocycles. The van der Waals surface area contributed by atoms with Gasteiger partial charge in [0.1, 0.15) is 0 Å². The van der Waals surface area contributed by atoms with Gasteiger partial charge < -0.3 is 16.0 Å². The first-order chi connectivity index (χ1) is 9.08. The molecular weight excluding hydrogens is 242 g/mol. The number of hydrogen-bond donors (Lipinski definition) is 3. The minimum Gasteiger partial charge on any atom is -0.354 e. The first-order valence-electron chi connectivity index (χ1n) is 7.07. The Balaban J connectivity index is 2.07. The Kier molecular flexibility index (Phi) is 7.00. The Morgan fingerprint density at radius 2 is 2.05 bits per heavy atom. The van der Waals surface area contributed by atoms with E-state index in [1.54, 1.807) is 0 Å². The van der Waals surface area contributed by atoms with Crippen LogP contribution in [0.1, 0.15) is 46.0 Å². The lowest BCUT2D eigenvalue weighted by Gasteiger charge is -2.13. The minimum atomic E-state index is -0.305. The van der Waals surface area contributed by atoms with E-state index in [0.717, 1.165) is 12.8 Å². The molecule has 0 aromatic rings. The molecule has 1 rings (SSSR count). The monoisotopic (exact) mass is 267 g/mol. The van der Waals surface area contributed by atoms with E-state index in [1.807, 2.05) is 13.8 Å². The maximum atomic E-state index is 11.5. The Morgan fingerprint density at radius 3 is 2.68 bits per heavy atom. The van der Waals surface area contributed by atoms with Gasteiger partial charge in [0.25, 0.3) is 0 Å². The first kappa shape index (κ1) is 15.5. The summed E-state index contributed by atoms with van der Waals surface area (Å²) in [7, 11) is 0. The van der Waals surface area contributed by atoms with Gasteiger partial charge in [0.15, 0.2) is 0 Å².